The summed E-state index contributed by atoms with van der Waals surface area (Å²) in [6.45, 7) is -1.75. The number of fused-ring (bicyclic) bond motifs is 1. The zero-order valence-corrected chi connectivity index (χ0v) is 19.6. The Morgan fingerprint density at radius 3 is 2.30 bits per heavy atom. The van der Waals surface area contributed by atoms with Crippen LogP contribution in [0.4, 0.5) is 22.0 Å². The van der Waals surface area contributed by atoms with Crippen molar-refractivity contribution in [1.82, 2.24) is 14.6 Å². The lowest BCUT2D eigenvalue weighted by Crippen LogP contribution is -2.29. The number of halogens is 6. The highest BCUT2D eigenvalue weighted by Gasteiger charge is 2.38. The van der Waals surface area contributed by atoms with Gasteiger partial charge in [-0.15, -0.1) is 23.4 Å². The van der Waals surface area contributed by atoms with Crippen molar-refractivity contribution < 1.29 is 41.3 Å². The van der Waals surface area contributed by atoms with Crippen LogP contribution in [0.1, 0.15) is 5.82 Å². The molecule has 0 spiro atoms. The Labute approximate surface area is 212 Å². The van der Waals surface area contributed by atoms with Crippen molar-refractivity contribution in [3.63, 3.8) is 0 Å². The summed E-state index contributed by atoms with van der Waals surface area (Å²) in [5.41, 5.74) is 1.01. The van der Waals surface area contributed by atoms with E-state index in [1.165, 1.54) is 24.4 Å². The summed E-state index contributed by atoms with van der Waals surface area (Å²) in [6, 6.07) is 14.6. The van der Waals surface area contributed by atoms with E-state index < -0.39 is 43.2 Å². The molecule has 13 heteroatoms. The Hall–Kier alpha value is -3.48. The summed E-state index contributed by atoms with van der Waals surface area (Å²) in [7, 11) is 0. The van der Waals surface area contributed by atoms with Gasteiger partial charge in [0.15, 0.2) is 5.65 Å². The molecule has 1 atom stereocenters. The molecule has 0 radical (unpaired) electrons. The molecule has 0 aliphatic carbocycles. The van der Waals surface area contributed by atoms with E-state index in [2.05, 4.69) is 14.9 Å². The largest absolute Gasteiger partial charge is 0.573 e. The maximum Gasteiger partial charge on any atom is 0.573 e. The quantitative estimate of drug-likeness (QED) is 0.266. The lowest BCUT2D eigenvalue weighted by Gasteiger charge is -2.17. The van der Waals surface area contributed by atoms with Gasteiger partial charge in [-0.25, -0.2) is 0 Å². The van der Waals surface area contributed by atoms with E-state index >= 15 is 0 Å². The Kier molecular flexibility index (Phi) is 7.81. The van der Waals surface area contributed by atoms with E-state index in [0.29, 0.717) is 21.9 Å². The summed E-state index contributed by atoms with van der Waals surface area (Å²) in [4.78, 5) is 0. The van der Waals surface area contributed by atoms with Crippen LogP contribution in [0.15, 0.2) is 66.9 Å². The highest BCUT2D eigenvalue weighted by atomic mass is 35.5. The molecule has 0 fully saturated rings. The second-order valence-corrected chi connectivity index (χ2v) is 8.26. The van der Waals surface area contributed by atoms with Gasteiger partial charge in [-0.05, 0) is 47.5 Å². The average molecular weight is 544 g/mol. The molecule has 1 N–H and O–H groups in total. The first-order chi connectivity index (χ1) is 17.5. The number of ether oxygens (including phenoxy) is 3. The number of benzene rings is 2. The van der Waals surface area contributed by atoms with Gasteiger partial charge < -0.3 is 19.3 Å². The van der Waals surface area contributed by atoms with Crippen LogP contribution in [0.5, 0.6) is 11.5 Å². The van der Waals surface area contributed by atoms with E-state index in [1.807, 2.05) is 0 Å². The molecule has 1 unspecified atom stereocenters. The van der Waals surface area contributed by atoms with Crippen LogP contribution in [0.2, 0.25) is 5.02 Å². The van der Waals surface area contributed by atoms with E-state index in [4.69, 9.17) is 21.1 Å². The molecule has 2 aromatic carbocycles. The predicted molar refractivity (Wildman–Crippen MR) is 123 cm³/mol. The van der Waals surface area contributed by atoms with Gasteiger partial charge in [-0.3, -0.25) is 4.40 Å². The molecule has 2 heterocycles. The highest BCUT2D eigenvalue weighted by Crippen LogP contribution is 2.30. The van der Waals surface area contributed by atoms with Crippen molar-refractivity contribution in [1.29, 1.82) is 0 Å². The summed E-state index contributed by atoms with van der Waals surface area (Å²) in [5, 5.41) is 17.7. The van der Waals surface area contributed by atoms with Crippen molar-refractivity contribution in [3.8, 4) is 22.6 Å². The lowest BCUT2D eigenvalue weighted by atomic mass is 10.1. The molecule has 0 aliphatic rings. The maximum atomic E-state index is 14.9. The number of hydrogen-bond acceptors (Lipinski definition) is 6. The van der Waals surface area contributed by atoms with Gasteiger partial charge in [0.1, 0.15) is 30.8 Å². The molecule has 0 aliphatic heterocycles. The van der Waals surface area contributed by atoms with Crippen molar-refractivity contribution in [3.05, 3.63) is 77.7 Å². The first-order valence-electron chi connectivity index (χ1n) is 10.7. The van der Waals surface area contributed by atoms with Gasteiger partial charge >= 0.3 is 12.3 Å². The molecule has 7 nitrogen and oxygen atoms in total. The molecule has 2 aromatic heterocycles. The first kappa shape index (κ1) is 26.6. The monoisotopic (exact) mass is 543 g/mol. The van der Waals surface area contributed by atoms with Gasteiger partial charge in [0.2, 0.25) is 5.82 Å². The van der Waals surface area contributed by atoms with Gasteiger partial charge in [0.25, 0.3) is 0 Å². The number of rotatable bonds is 10. The molecule has 4 rings (SSSR count). The Morgan fingerprint density at radius 1 is 0.892 bits per heavy atom. The second kappa shape index (κ2) is 10.9. The molecule has 0 amide bonds. The van der Waals surface area contributed by atoms with Crippen molar-refractivity contribution in [2.24, 2.45) is 0 Å². The number of aromatic nitrogens is 3. The minimum atomic E-state index is -4.83. The number of pyridine rings is 1. The van der Waals surface area contributed by atoms with Crippen LogP contribution in [0, 0.1) is 0 Å². The molecular weight excluding hydrogens is 525 g/mol. The van der Waals surface area contributed by atoms with Crippen LogP contribution in [0.25, 0.3) is 16.8 Å². The van der Waals surface area contributed by atoms with Gasteiger partial charge in [0.05, 0.1) is 11.6 Å². The molecule has 37 heavy (non-hydrogen) atoms. The minimum absolute atomic E-state index is 0.128. The summed E-state index contributed by atoms with van der Waals surface area (Å²) < 4.78 is 82.2. The smallest absolute Gasteiger partial charge is 0.489 e. The third kappa shape index (κ3) is 6.85. The van der Waals surface area contributed by atoms with Crippen LogP contribution in [0.3, 0.4) is 0 Å². The van der Waals surface area contributed by atoms with Crippen LogP contribution in [-0.2, 0) is 10.7 Å². The van der Waals surface area contributed by atoms with E-state index in [-0.39, 0.29) is 12.3 Å². The fraction of sp³-hybridized carbons (Fsp3) is 0.250. The number of alkyl halides is 5. The molecule has 0 saturated heterocycles. The fourth-order valence-corrected chi connectivity index (χ4v) is 3.53. The van der Waals surface area contributed by atoms with Gasteiger partial charge in [-0.1, -0.05) is 35.9 Å². The average Bonchev–Trinajstić information content (AvgIpc) is 3.27. The molecule has 4 aromatic rings. The predicted octanol–water partition coefficient (Wildman–Crippen LogP) is 5.50. The summed E-state index contributed by atoms with van der Waals surface area (Å²) in [6.07, 6.45) is -4.69. The van der Waals surface area contributed by atoms with E-state index in [0.717, 1.165) is 16.5 Å². The van der Waals surface area contributed by atoms with Crippen molar-refractivity contribution in [2.45, 2.75) is 18.4 Å². The van der Waals surface area contributed by atoms with Gasteiger partial charge in [0, 0.05) is 6.20 Å². The Bertz CT molecular complexity index is 1350. The molecule has 0 saturated carbocycles. The van der Waals surface area contributed by atoms with Crippen molar-refractivity contribution in [2.75, 3.05) is 19.8 Å². The lowest BCUT2D eigenvalue weighted by molar-refractivity contribution is -0.274. The number of hydrogen-bond donors (Lipinski definition) is 1. The minimum Gasteiger partial charge on any atom is -0.489 e. The second-order valence-electron chi connectivity index (χ2n) is 7.86. The van der Waals surface area contributed by atoms with Crippen molar-refractivity contribution >= 4 is 17.2 Å². The Morgan fingerprint density at radius 2 is 1.59 bits per heavy atom. The van der Waals surface area contributed by atoms with Crippen LogP contribution in [-0.4, -0.2) is 52.0 Å². The number of nitrogens with zero attached hydrogens (tertiary/aromatic N) is 3. The van der Waals surface area contributed by atoms with E-state index in [9.17, 15) is 27.1 Å². The third-order valence-corrected chi connectivity index (χ3v) is 5.32. The number of para-hydroxylation sites is 1. The maximum absolute atomic E-state index is 14.9. The SMILES string of the molecule is OC(COCC(F)(F)c1nnc2ccc(-c3ccc(OC(F)(F)F)cc3)cn12)COc1ccccc1Cl. The fourth-order valence-electron chi connectivity index (χ4n) is 3.34. The zero-order chi connectivity index (χ0) is 26.6. The normalized spacial score (nSPS) is 13.1. The number of aliphatic hydroxyl groups excluding tert-OH is 1. The molecule has 0 bridgehead atoms. The first-order valence-corrected chi connectivity index (χ1v) is 11.1. The van der Waals surface area contributed by atoms with Gasteiger partial charge in [-0.2, -0.15) is 8.78 Å². The zero-order valence-electron chi connectivity index (χ0n) is 18.8. The molecular formula is C24H19ClF5N3O4. The van der Waals surface area contributed by atoms with Crippen LogP contribution >= 0.6 is 11.6 Å². The van der Waals surface area contributed by atoms with E-state index in [1.54, 1.807) is 30.3 Å². The summed E-state index contributed by atoms with van der Waals surface area (Å²) in [5.74, 6) is -4.36. The molecule has 196 valence electrons. The Balaban J connectivity index is 1.40. The summed E-state index contributed by atoms with van der Waals surface area (Å²) >= 11 is 5.96. The van der Waals surface area contributed by atoms with Crippen LogP contribution < -0.4 is 9.47 Å². The third-order valence-electron chi connectivity index (χ3n) is 5.01. The highest BCUT2D eigenvalue weighted by molar-refractivity contribution is 6.32. The number of aliphatic hydroxyl groups is 1. The topological polar surface area (TPSA) is 78.1 Å². The standard InChI is InChI=1S/C24H19ClF5N3O4/c25-19-3-1-2-4-20(19)36-13-17(34)12-35-14-23(26,27)22-32-31-21-10-7-16(11-33(21)22)15-5-8-18(9-6-15)37-24(28,29)30/h1-11,17,34H,12-14H2.